The van der Waals surface area contributed by atoms with Crippen molar-refractivity contribution in [1.29, 1.82) is 0 Å². The predicted molar refractivity (Wildman–Crippen MR) is 102 cm³/mol. The Bertz CT molecular complexity index is 731. The maximum atomic E-state index is 12.8. The van der Waals surface area contributed by atoms with Gasteiger partial charge in [0.15, 0.2) is 6.29 Å². The number of ether oxygens (including phenoxy) is 2. The van der Waals surface area contributed by atoms with E-state index in [9.17, 15) is 4.79 Å². The Morgan fingerprint density at radius 3 is 2.40 bits per heavy atom. The number of likely N-dealkylation sites (tertiary alicyclic amines) is 1. The standard InChI is InChI=1S/C19H20BrNO3S/c20-15-3-1-13(2-4-15)16-5-6-17(25-16)18(22)21-9-7-14(8-10-21)19-23-11-12-24-19/h1-6,14,19H,7-12H2. The molecule has 0 atom stereocenters. The number of thiophene rings is 1. The summed E-state index contributed by atoms with van der Waals surface area (Å²) in [4.78, 5) is 16.7. The summed E-state index contributed by atoms with van der Waals surface area (Å²) in [7, 11) is 0. The molecule has 0 unspecified atom stereocenters. The third kappa shape index (κ3) is 3.82. The molecule has 0 radical (unpaired) electrons. The summed E-state index contributed by atoms with van der Waals surface area (Å²) < 4.78 is 12.3. The van der Waals surface area contributed by atoms with Gasteiger partial charge in [0.05, 0.1) is 18.1 Å². The second-order valence-corrected chi connectivity index (χ2v) is 8.41. The normalized spacial score (nSPS) is 19.5. The van der Waals surface area contributed by atoms with Crippen molar-refractivity contribution >= 4 is 33.2 Å². The molecule has 4 nitrogen and oxygen atoms in total. The highest BCUT2D eigenvalue weighted by Crippen LogP contribution is 2.31. The number of carbonyl (C=O) groups excluding carboxylic acids is 1. The van der Waals surface area contributed by atoms with E-state index in [1.807, 2.05) is 29.2 Å². The largest absolute Gasteiger partial charge is 0.350 e. The number of nitrogens with zero attached hydrogens (tertiary/aromatic N) is 1. The molecule has 1 aromatic carbocycles. The monoisotopic (exact) mass is 421 g/mol. The van der Waals surface area contributed by atoms with Gasteiger partial charge in [0.25, 0.3) is 5.91 Å². The molecule has 2 aliphatic rings. The van der Waals surface area contributed by atoms with E-state index in [4.69, 9.17) is 9.47 Å². The molecule has 0 N–H and O–H groups in total. The number of hydrogen-bond acceptors (Lipinski definition) is 4. The van der Waals surface area contributed by atoms with Crippen LogP contribution in [0.3, 0.4) is 0 Å². The molecule has 0 saturated carbocycles. The topological polar surface area (TPSA) is 38.8 Å². The van der Waals surface area contributed by atoms with Crippen molar-refractivity contribution in [2.24, 2.45) is 5.92 Å². The number of hydrogen-bond donors (Lipinski definition) is 0. The van der Waals surface area contributed by atoms with Crippen LogP contribution in [-0.2, 0) is 9.47 Å². The fourth-order valence-electron chi connectivity index (χ4n) is 3.40. The Morgan fingerprint density at radius 2 is 1.72 bits per heavy atom. The van der Waals surface area contributed by atoms with E-state index in [1.165, 1.54) is 0 Å². The van der Waals surface area contributed by atoms with E-state index < -0.39 is 0 Å². The Balaban J connectivity index is 1.39. The zero-order valence-corrected chi connectivity index (χ0v) is 16.2. The van der Waals surface area contributed by atoms with Gasteiger partial charge in [-0.3, -0.25) is 4.79 Å². The molecular weight excluding hydrogens is 402 g/mol. The van der Waals surface area contributed by atoms with E-state index >= 15 is 0 Å². The molecule has 1 amide bonds. The molecule has 0 bridgehead atoms. The summed E-state index contributed by atoms with van der Waals surface area (Å²) in [6.07, 6.45) is 1.82. The lowest BCUT2D eigenvalue weighted by Gasteiger charge is -2.33. The Hall–Kier alpha value is -1.21. The highest BCUT2D eigenvalue weighted by Gasteiger charge is 2.32. The fourth-order valence-corrected chi connectivity index (χ4v) is 4.65. The molecule has 1 aromatic heterocycles. The third-order valence-corrected chi connectivity index (χ3v) is 6.46. The second kappa shape index (κ2) is 7.58. The summed E-state index contributed by atoms with van der Waals surface area (Å²) in [6.45, 7) is 2.94. The fraction of sp³-hybridized carbons (Fsp3) is 0.421. The van der Waals surface area contributed by atoms with Crippen LogP contribution >= 0.6 is 27.3 Å². The van der Waals surface area contributed by atoms with Crippen molar-refractivity contribution in [3.63, 3.8) is 0 Å². The first-order valence-corrected chi connectivity index (χ1v) is 10.2. The molecule has 2 aliphatic heterocycles. The van der Waals surface area contributed by atoms with Crippen LogP contribution in [0.2, 0.25) is 0 Å². The number of rotatable bonds is 3. The first-order valence-electron chi connectivity index (χ1n) is 8.59. The third-order valence-electron chi connectivity index (χ3n) is 4.80. The first kappa shape index (κ1) is 17.2. The maximum absolute atomic E-state index is 12.8. The van der Waals surface area contributed by atoms with Gasteiger partial charge >= 0.3 is 0 Å². The van der Waals surface area contributed by atoms with Crippen molar-refractivity contribution in [3.05, 3.63) is 45.7 Å². The van der Waals surface area contributed by atoms with Gasteiger partial charge in [-0.2, -0.15) is 0 Å². The van der Waals surface area contributed by atoms with Crippen molar-refractivity contribution in [2.45, 2.75) is 19.1 Å². The molecule has 3 heterocycles. The van der Waals surface area contributed by atoms with Crippen LogP contribution in [0.5, 0.6) is 0 Å². The van der Waals surface area contributed by atoms with Crippen molar-refractivity contribution in [3.8, 4) is 10.4 Å². The van der Waals surface area contributed by atoms with Gasteiger partial charge in [-0.15, -0.1) is 11.3 Å². The summed E-state index contributed by atoms with van der Waals surface area (Å²) in [5.74, 6) is 0.549. The minimum Gasteiger partial charge on any atom is -0.350 e. The minimum absolute atomic E-state index is 0.0667. The number of benzene rings is 1. The van der Waals surface area contributed by atoms with Gasteiger partial charge < -0.3 is 14.4 Å². The zero-order chi connectivity index (χ0) is 17.2. The quantitative estimate of drug-likeness (QED) is 0.736. The van der Waals surface area contributed by atoms with Gasteiger partial charge in [0.2, 0.25) is 0 Å². The minimum atomic E-state index is -0.0667. The average Bonchev–Trinajstić information content (AvgIpc) is 3.34. The van der Waals surface area contributed by atoms with Gasteiger partial charge in [-0.25, -0.2) is 0 Å². The average molecular weight is 422 g/mol. The van der Waals surface area contributed by atoms with Crippen LogP contribution in [0, 0.1) is 5.92 Å². The SMILES string of the molecule is O=C(c1ccc(-c2ccc(Br)cc2)s1)N1CCC(C2OCCO2)CC1. The Morgan fingerprint density at radius 1 is 1.04 bits per heavy atom. The Kier molecular flexibility index (Phi) is 5.22. The van der Waals surface area contributed by atoms with Crippen molar-refractivity contribution < 1.29 is 14.3 Å². The lowest BCUT2D eigenvalue weighted by Crippen LogP contribution is -2.41. The molecule has 0 spiro atoms. The highest BCUT2D eigenvalue weighted by molar-refractivity contribution is 9.10. The van der Waals surface area contributed by atoms with Crippen LogP contribution in [0.25, 0.3) is 10.4 Å². The van der Waals surface area contributed by atoms with Crippen LogP contribution in [-0.4, -0.2) is 43.4 Å². The molecule has 25 heavy (non-hydrogen) atoms. The van der Waals surface area contributed by atoms with Crippen molar-refractivity contribution in [2.75, 3.05) is 26.3 Å². The molecule has 2 fully saturated rings. The van der Waals surface area contributed by atoms with Crippen LogP contribution < -0.4 is 0 Å². The van der Waals surface area contributed by atoms with Gasteiger partial charge in [-0.05, 0) is 42.7 Å². The van der Waals surface area contributed by atoms with Crippen LogP contribution in [0.1, 0.15) is 22.5 Å². The number of carbonyl (C=O) groups is 1. The summed E-state index contributed by atoms with van der Waals surface area (Å²) in [5, 5.41) is 0. The van der Waals surface area contributed by atoms with E-state index in [0.29, 0.717) is 19.1 Å². The summed E-state index contributed by atoms with van der Waals surface area (Å²) >= 11 is 5.02. The van der Waals surface area contributed by atoms with Gasteiger partial charge in [-0.1, -0.05) is 28.1 Å². The number of amides is 1. The van der Waals surface area contributed by atoms with Gasteiger partial charge in [0, 0.05) is 28.4 Å². The summed E-state index contributed by atoms with van der Waals surface area (Å²) in [5.41, 5.74) is 1.14. The van der Waals surface area contributed by atoms with Crippen molar-refractivity contribution in [1.82, 2.24) is 4.90 Å². The lowest BCUT2D eigenvalue weighted by molar-refractivity contribution is -0.0955. The van der Waals surface area contributed by atoms with Gasteiger partial charge in [0.1, 0.15) is 0 Å². The summed E-state index contributed by atoms with van der Waals surface area (Å²) in [6, 6.07) is 12.2. The maximum Gasteiger partial charge on any atom is 0.263 e. The number of piperidine rings is 1. The van der Waals surface area contributed by atoms with E-state index in [2.05, 4.69) is 28.1 Å². The molecule has 6 heteroatoms. The molecule has 4 rings (SSSR count). The second-order valence-electron chi connectivity index (χ2n) is 6.41. The smallest absolute Gasteiger partial charge is 0.263 e. The zero-order valence-electron chi connectivity index (χ0n) is 13.8. The number of halogens is 1. The molecular formula is C19H20BrNO3S. The van der Waals surface area contributed by atoms with Crippen LogP contribution in [0.15, 0.2) is 40.9 Å². The predicted octanol–water partition coefficient (Wildman–Crippen LogP) is 4.40. The Labute approximate surface area is 159 Å². The van der Waals surface area contributed by atoms with E-state index in [-0.39, 0.29) is 12.2 Å². The van der Waals surface area contributed by atoms with E-state index in [0.717, 1.165) is 45.7 Å². The highest BCUT2D eigenvalue weighted by atomic mass is 79.9. The first-order chi connectivity index (χ1) is 12.2. The molecule has 0 aliphatic carbocycles. The molecule has 132 valence electrons. The molecule has 2 saturated heterocycles. The van der Waals surface area contributed by atoms with Crippen LogP contribution in [0.4, 0.5) is 0 Å². The molecule has 2 aromatic rings. The lowest BCUT2D eigenvalue weighted by atomic mass is 9.96. The van der Waals surface area contributed by atoms with E-state index in [1.54, 1.807) is 11.3 Å².